The molecule has 192 valence electrons. The molecule has 0 fully saturated rings. The van der Waals surface area contributed by atoms with Gasteiger partial charge in [-0.3, -0.25) is 19.3 Å². The summed E-state index contributed by atoms with van der Waals surface area (Å²) in [5.74, 6) is -1.11. The third kappa shape index (κ3) is 6.41. The van der Waals surface area contributed by atoms with E-state index >= 15 is 0 Å². The first-order chi connectivity index (χ1) is 17.0. The topological polar surface area (TPSA) is 141 Å². The fourth-order valence-electron chi connectivity index (χ4n) is 3.42. The summed E-state index contributed by atoms with van der Waals surface area (Å²) >= 11 is 2.13. The number of nitrogens with zero attached hydrogens (tertiary/aromatic N) is 2. The van der Waals surface area contributed by atoms with Gasteiger partial charge in [-0.1, -0.05) is 19.4 Å². The molecule has 2 aromatic heterocycles. The summed E-state index contributed by atoms with van der Waals surface area (Å²) in [5.41, 5.74) is 11.1. The van der Waals surface area contributed by atoms with Crippen molar-refractivity contribution in [3.8, 4) is 5.75 Å². The van der Waals surface area contributed by atoms with Crippen molar-refractivity contribution in [2.24, 2.45) is 5.73 Å². The largest absolute Gasteiger partial charge is 0.494 e. The van der Waals surface area contributed by atoms with Crippen molar-refractivity contribution >= 4 is 52.0 Å². The van der Waals surface area contributed by atoms with Crippen molar-refractivity contribution in [3.63, 3.8) is 0 Å². The average Bonchev–Trinajstić information content (AvgIpc) is 3.46. The number of aromatic nitrogens is 1. The third-order valence-corrected chi connectivity index (χ3v) is 6.85. The minimum atomic E-state index is -0.998. The van der Waals surface area contributed by atoms with Gasteiger partial charge in [-0.05, 0) is 74.4 Å². The summed E-state index contributed by atoms with van der Waals surface area (Å²) in [7, 11) is 0. The lowest BCUT2D eigenvalue weighted by Gasteiger charge is -2.33. The number of hydrogen-bond donors (Lipinski definition) is 3. The standard InChI is InChI=1S/C25H31N5O4S2/c1-5-6-13-34-16-11-9-15(10-12-16)30(24(33)21-18(26)19(22(27)31)29-36-21)20(17-8-7-14-35-17)23(32)28-25(2,3)4/h7-12,14,20H,5-6,13,26H2,1-4H3,(H2,27,31)(H,28,32)/t20-/m1/s1. The molecule has 5 N–H and O–H groups in total. The molecule has 2 heterocycles. The molecule has 0 radical (unpaired) electrons. The zero-order valence-electron chi connectivity index (χ0n) is 20.7. The second kappa shape index (κ2) is 11.5. The monoisotopic (exact) mass is 529 g/mol. The molecule has 0 aliphatic rings. The number of unbranched alkanes of at least 4 members (excludes halogenated alkanes) is 1. The van der Waals surface area contributed by atoms with Crippen LogP contribution in [-0.4, -0.2) is 34.2 Å². The number of amides is 3. The zero-order valence-corrected chi connectivity index (χ0v) is 22.4. The van der Waals surface area contributed by atoms with Crippen LogP contribution in [-0.2, 0) is 4.79 Å². The molecule has 3 amide bonds. The number of hydrogen-bond acceptors (Lipinski definition) is 8. The smallest absolute Gasteiger partial charge is 0.273 e. The molecule has 3 aromatic rings. The van der Waals surface area contributed by atoms with E-state index in [2.05, 4.69) is 16.6 Å². The van der Waals surface area contributed by atoms with Crippen LogP contribution >= 0.6 is 22.9 Å². The van der Waals surface area contributed by atoms with Gasteiger partial charge in [0.15, 0.2) is 11.7 Å². The predicted octanol–water partition coefficient (Wildman–Crippen LogP) is 4.37. The maximum atomic E-state index is 14.0. The minimum Gasteiger partial charge on any atom is -0.494 e. The van der Waals surface area contributed by atoms with E-state index in [9.17, 15) is 14.4 Å². The van der Waals surface area contributed by atoms with Crippen molar-refractivity contribution in [1.82, 2.24) is 9.69 Å². The summed E-state index contributed by atoms with van der Waals surface area (Å²) in [6.45, 7) is 8.26. The fraction of sp³-hybridized carbons (Fsp3) is 0.360. The van der Waals surface area contributed by atoms with Gasteiger partial charge in [0.2, 0.25) is 5.91 Å². The number of nitrogen functional groups attached to an aromatic ring is 1. The Labute approximate surface area is 218 Å². The van der Waals surface area contributed by atoms with Crippen LogP contribution in [0.1, 0.15) is 71.6 Å². The lowest BCUT2D eigenvalue weighted by molar-refractivity contribution is -0.123. The highest BCUT2D eigenvalue weighted by molar-refractivity contribution is 7.10. The van der Waals surface area contributed by atoms with Crippen molar-refractivity contribution in [3.05, 3.63) is 57.2 Å². The summed E-state index contributed by atoms with van der Waals surface area (Å²) in [4.78, 5) is 41.3. The Morgan fingerprint density at radius 3 is 2.39 bits per heavy atom. The first-order valence-electron chi connectivity index (χ1n) is 11.5. The first-order valence-corrected chi connectivity index (χ1v) is 13.2. The van der Waals surface area contributed by atoms with Crippen LogP contribution in [0.4, 0.5) is 11.4 Å². The highest BCUT2D eigenvalue weighted by Crippen LogP contribution is 2.35. The van der Waals surface area contributed by atoms with Crippen molar-refractivity contribution < 1.29 is 19.1 Å². The van der Waals surface area contributed by atoms with Crippen LogP contribution in [0.15, 0.2) is 41.8 Å². The number of thiophene rings is 1. The third-order valence-electron chi connectivity index (χ3n) is 5.07. The van der Waals surface area contributed by atoms with Crippen LogP contribution in [0.5, 0.6) is 5.75 Å². The molecule has 0 spiro atoms. The number of rotatable bonds is 10. The van der Waals surface area contributed by atoms with Gasteiger partial charge in [-0.25, -0.2) is 0 Å². The number of nitrogens with two attached hydrogens (primary N) is 2. The second-order valence-corrected chi connectivity index (χ2v) is 10.9. The number of ether oxygens (including phenoxy) is 1. The van der Waals surface area contributed by atoms with Crippen molar-refractivity contribution in [2.45, 2.75) is 52.1 Å². The predicted molar refractivity (Wildman–Crippen MR) is 144 cm³/mol. The van der Waals surface area contributed by atoms with Crippen molar-refractivity contribution in [1.29, 1.82) is 0 Å². The molecule has 3 rings (SSSR count). The number of benzene rings is 1. The number of anilines is 2. The Balaban J connectivity index is 2.11. The molecule has 0 aliphatic heterocycles. The van der Waals surface area contributed by atoms with E-state index in [1.54, 1.807) is 30.3 Å². The van der Waals surface area contributed by atoms with Crippen LogP contribution in [0, 0.1) is 0 Å². The van der Waals surface area contributed by atoms with Gasteiger partial charge in [0.1, 0.15) is 10.6 Å². The van der Waals surface area contributed by atoms with Crippen LogP contribution in [0.25, 0.3) is 0 Å². The van der Waals surface area contributed by atoms with Gasteiger partial charge in [-0.2, -0.15) is 4.37 Å². The molecule has 0 aliphatic carbocycles. The minimum absolute atomic E-state index is 0.0252. The molecular formula is C25H31N5O4S2. The summed E-state index contributed by atoms with van der Waals surface area (Å²) in [6, 6.07) is 9.56. The van der Waals surface area contributed by atoms with Gasteiger partial charge in [0.25, 0.3) is 11.8 Å². The van der Waals surface area contributed by atoms with Gasteiger partial charge in [0.05, 0.1) is 12.3 Å². The summed E-state index contributed by atoms with van der Waals surface area (Å²) in [6.07, 6.45) is 1.93. The molecule has 36 heavy (non-hydrogen) atoms. The van der Waals surface area contributed by atoms with Gasteiger partial charge >= 0.3 is 0 Å². The molecule has 0 bridgehead atoms. The molecule has 0 saturated heterocycles. The van der Waals surface area contributed by atoms with E-state index in [1.807, 2.05) is 32.2 Å². The normalized spacial score (nSPS) is 12.1. The van der Waals surface area contributed by atoms with Gasteiger partial charge < -0.3 is 21.5 Å². The number of primary amides is 1. The highest BCUT2D eigenvalue weighted by atomic mass is 32.1. The molecule has 1 aromatic carbocycles. The Bertz CT molecular complexity index is 1200. The molecular weight excluding hydrogens is 498 g/mol. The van der Waals surface area contributed by atoms with Crippen LogP contribution in [0.2, 0.25) is 0 Å². The molecule has 0 saturated carbocycles. The summed E-state index contributed by atoms with van der Waals surface area (Å²) < 4.78 is 9.73. The molecule has 9 nitrogen and oxygen atoms in total. The zero-order chi connectivity index (χ0) is 26.5. The fourth-order valence-corrected chi connectivity index (χ4v) is 4.97. The van der Waals surface area contributed by atoms with E-state index < -0.39 is 23.4 Å². The van der Waals surface area contributed by atoms with E-state index in [0.29, 0.717) is 22.9 Å². The Morgan fingerprint density at radius 2 is 1.86 bits per heavy atom. The molecule has 0 unspecified atom stereocenters. The highest BCUT2D eigenvalue weighted by Gasteiger charge is 2.37. The number of carbonyl (C=O) groups is 3. The lowest BCUT2D eigenvalue weighted by Crippen LogP contribution is -2.49. The second-order valence-electron chi connectivity index (χ2n) is 9.17. The van der Waals surface area contributed by atoms with E-state index in [-0.39, 0.29) is 22.2 Å². The van der Waals surface area contributed by atoms with Gasteiger partial charge in [-0.15, -0.1) is 11.3 Å². The Hall–Kier alpha value is -3.44. The summed E-state index contributed by atoms with van der Waals surface area (Å²) in [5, 5.41) is 4.82. The van der Waals surface area contributed by atoms with E-state index in [0.717, 1.165) is 24.4 Å². The average molecular weight is 530 g/mol. The SMILES string of the molecule is CCCCOc1ccc(N(C(=O)c2snc(C(N)=O)c2N)[C@@H](C(=O)NC(C)(C)C)c2cccs2)cc1. The van der Waals surface area contributed by atoms with E-state index in [4.69, 9.17) is 16.2 Å². The quantitative estimate of drug-likeness (QED) is 0.333. The molecule has 11 heteroatoms. The van der Waals surface area contributed by atoms with Crippen molar-refractivity contribution in [2.75, 3.05) is 17.2 Å². The molecule has 1 atom stereocenters. The number of carbonyl (C=O) groups excluding carboxylic acids is 3. The van der Waals surface area contributed by atoms with E-state index in [1.165, 1.54) is 16.2 Å². The Morgan fingerprint density at radius 1 is 1.17 bits per heavy atom. The first kappa shape index (κ1) is 27.2. The maximum absolute atomic E-state index is 14.0. The van der Waals surface area contributed by atoms with Crippen LogP contribution < -0.4 is 26.4 Å². The lowest BCUT2D eigenvalue weighted by atomic mass is 10.1. The number of nitrogens with one attached hydrogen (secondary N) is 1. The van der Waals surface area contributed by atoms with Gasteiger partial charge in [0, 0.05) is 16.1 Å². The maximum Gasteiger partial charge on any atom is 0.273 e. The van der Waals surface area contributed by atoms with Crippen LogP contribution in [0.3, 0.4) is 0 Å². The Kier molecular flexibility index (Phi) is 8.70.